The maximum absolute atomic E-state index is 6.24. The summed E-state index contributed by atoms with van der Waals surface area (Å²) in [4.78, 5) is 2.68. The lowest BCUT2D eigenvalue weighted by molar-refractivity contribution is 0.187. The van der Waals surface area contributed by atoms with E-state index in [9.17, 15) is 0 Å². The van der Waals surface area contributed by atoms with Crippen molar-refractivity contribution in [1.29, 1.82) is 0 Å². The molecule has 0 saturated heterocycles. The maximum Gasteiger partial charge on any atom is 0.0411 e. The normalized spacial score (nSPS) is 23.9. The highest BCUT2D eigenvalue weighted by molar-refractivity contribution is 6.30. The summed E-state index contributed by atoms with van der Waals surface area (Å²) in [5, 5.41) is 0.896. The molecule has 1 aliphatic carbocycles. The number of nitrogens with zero attached hydrogens (tertiary/aromatic N) is 1. The molecule has 0 saturated carbocycles. The zero-order valence-corrected chi connectivity index (χ0v) is 13.6. The summed E-state index contributed by atoms with van der Waals surface area (Å²) in [7, 11) is 0. The molecule has 108 valence electrons. The van der Waals surface area contributed by atoms with Gasteiger partial charge in [-0.25, -0.2) is 0 Å². The number of hydrogen-bond acceptors (Lipinski definition) is 1. The van der Waals surface area contributed by atoms with Crippen LogP contribution in [0.4, 0.5) is 0 Å². The highest BCUT2D eigenvalue weighted by Gasteiger charge is 2.27. The van der Waals surface area contributed by atoms with Gasteiger partial charge in [-0.05, 0) is 75.3 Å². The van der Waals surface area contributed by atoms with Crippen molar-refractivity contribution >= 4 is 11.6 Å². The largest absolute Gasteiger partial charge is 0.296 e. The van der Waals surface area contributed by atoms with Crippen LogP contribution in [0.2, 0.25) is 5.02 Å². The molecule has 0 N–H and O–H groups in total. The zero-order chi connectivity index (χ0) is 14.3. The van der Waals surface area contributed by atoms with E-state index in [1.807, 2.05) is 0 Å². The van der Waals surface area contributed by atoms with Gasteiger partial charge >= 0.3 is 0 Å². The Hall–Kier alpha value is -0.790. The maximum atomic E-state index is 6.24. The second-order valence-corrected chi connectivity index (χ2v) is 6.97. The molecule has 0 fully saturated rings. The molecule has 1 aromatic carbocycles. The summed E-state index contributed by atoms with van der Waals surface area (Å²) < 4.78 is 0. The molecule has 2 aliphatic rings. The molecule has 3 rings (SSSR count). The predicted octanol–water partition coefficient (Wildman–Crippen LogP) is 4.55. The van der Waals surface area contributed by atoms with Gasteiger partial charge < -0.3 is 0 Å². The Morgan fingerprint density at radius 2 is 1.90 bits per heavy atom. The van der Waals surface area contributed by atoms with Crippen LogP contribution in [-0.4, -0.2) is 24.0 Å². The summed E-state index contributed by atoms with van der Waals surface area (Å²) in [6, 6.07) is 5.00. The van der Waals surface area contributed by atoms with E-state index in [1.165, 1.54) is 43.4 Å². The fourth-order valence-electron chi connectivity index (χ4n) is 3.72. The Labute approximate surface area is 127 Å². The van der Waals surface area contributed by atoms with Crippen molar-refractivity contribution in [2.75, 3.05) is 13.1 Å². The Balaban J connectivity index is 1.79. The van der Waals surface area contributed by atoms with E-state index in [0.717, 1.165) is 11.6 Å². The van der Waals surface area contributed by atoms with Crippen LogP contribution >= 0.6 is 11.6 Å². The minimum atomic E-state index is 0.698. The lowest BCUT2D eigenvalue weighted by Gasteiger charge is -2.38. The first-order valence-corrected chi connectivity index (χ1v) is 8.09. The highest BCUT2D eigenvalue weighted by Crippen LogP contribution is 2.31. The summed E-state index contributed by atoms with van der Waals surface area (Å²) in [5.41, 5.74) is 7.57. The van der Waals surface area contributed by atoms with Gasteiger partial charge in [-0.2, -0.15) is 0 Å². The van der Waals surface area contributed by atoms with Gasteiger partial charge in [-0.1, -0.05) is 22.7 Å². The van der Waals surface area contributed by atoms with E-state index in [-0.39, 0.29) is 0 Å². The molecule has 0 amide bonds. The van der Waals surface area contributed by atoms with Crippen LogP contribution in [-0.2, 0) is 12.8 Å². The lowest BCUT2D eigenvalue weighted by Crippen LogP contribution is -2.42. The lowest BCUT2D eigenvalue weighted by atomic mass is 9.84. The van der Waals surface area contributed by atoms with Gasteiger partial charge in [0, 0.05) is 24.2 Å². The second kappa shape index (κ2) is 5.54. The third-order valence-electron chi connectivity index (χ3n) is 5.17. The van der Waals surface area contributed by atoms with Crippen molar-refractivity contribution in [2.24, 2.45) is 0 Å². The number of benzene rings is 1. The summed E-state index contributed by atoms with van der Waals surface area (Å²) in [5.74, 6) is 0. The number of halogens is 1. The molecule has 0 radical (unpaired) electrons. The van der Waals surface area contributed by atoms with Gasteiger partial charge in [-0.3, -0.25) is 4.90 Å². The number of rotatable bonds is 1. The van der Waals surface area contributed by atoms with Crippen molar-refractivity contribution < 1.29 is 0 Å². The third-order valence-corrected chi connectivity index (χ3v) is 5.39. The minimum absolute atomic E-state index is 0.698. The van der Waals surface area contributed by atoms with E-state index in [2.05, 4.69) is 37.8 Å². The summed E-state index contributed by atoms with van der Waals surface area (Å²) >= 11 is 6.24. The molecular formula is C18H24ClN. The number of fused-ring (bicyclic) bond motifs is 1. The molecule has 1 aliphatic heterocycles. The van der Waals surface area contributed by atoms with Gasteiger partial charge in [0.2, 0.25) is 0 Å². The topological polar surface area (TPSA) is 3.24 Å². The predicted molar refractivity (Wildman–Crippen MR) is 86.6 cm³/mol. The number of hydrogen-bond donors (Lipinski definition) is 0. The first kappa shape index (κ1) is 14.2. The molecule has 1 nitrogen and oxygen atoms in total. The highest BCUT2D eigenvalue weighted by atomic mass is 35.5. The van der Waals surface area contributed by atoms with E-state index < -0.39 is 0 Å². The molecule has 1 atom stereocenters. The Kier molecular flexibility index (Phi) is 3.92. The van der Waals surface area contributed by atoms with Crippen molar-refractivity contribution in [3.05, 3.63) is 45.0 Å². The number of aryl methyl sites for hydroxylation is 1. The first-order chi connectivity index (χ1) is 9.54. The summed E-state index contributed by atoms with van der Waals surface area (Å²) in [6.45, 7) is 9.15. The monoisotopic (exact) mass is 289 g/mol. The smallest absolute Gasteiger partial charge is 0.0411 e. The van der Waals surface area contributed by atoms with E-state index >= 15 is 0 Å². The van der Waals surface area contributed by atoms with Gasteiger partial charge in [0.05, 0.1) is 0 Å². The van der Waals surface area contributed by atoms with Crippen LogP contribution in [0.3, 0.4) is 0 Å². The molecule has 2 heteroatoms. The minimum Gasteiger partial charge on any atom is -0.296 e. The Morgan fingerprint density at radius 1 is 1.10 bits per heavy atom. The fourth-order valence-corrected chi connectivity index (χ4v) is 4.01. The molecule has 1 aromatic rings. The molecule has 0 aromatic heterocycles. The van der Waals surface area contributed by atoms with Crippen LogP contribution in [0.1, 0.15) is 43.4 Å². The quantitative estimate of drug-likeness (QED) is 0.686. The van der Waals surface area contributed by atoms with Crippen molar-refractivity contribution in [2.45, 2.75) is 52.5 Å². The third kappa shape index (κ3) is 2.66. The van der Waals surface area contributed by atoms with Crippen LogP contribution in [0, 0.1) is 6.92 Å². The summed E-state index contributed by atoms with van der Waals surface area (Å²) in [6.07, 6.45) is 4.91. The molecular weight excluding hydrogens is 266 g/mol. The average Bonchev–Trinajstić information content (AvgIpc) is 2.41. The van der Waals surface area contributed by atoms with Crippen LogP contribution in [0.25, 0.3) is 0 Å². The van der Waals surface area contributed by atoms with Gasteiger partial charge in [0.15, 0.2) is 0 Å². The van der Waals surface area contributed by atoms with Crippen molar-refractivity contribution in [3.63, 3.8) is 0 Å². The van der Waals surface area contributed by atoms with Crippen LogP contribution in [0.5, 0.6) is 0 Å². The fraction of sp³-hybridized carbons (Fsp3) is 0.556. The average molecular weight is 290 g/mol. The molecule has 1 heterocycles. The van der Waals surface area contributed by atoms with Crippen molar-refractivity contribution in [3.8, 4) is 0 Å². The Bertz CT molecular complexity index is 559. The standard InChI is InChI=1S/C18H24ClN/c1-12-6-7-20(11-14(12)3)17-4-5-18-13(2)8-16(19)9-15(18)10-17/h8-9,17H,4-7,10-11H2,1-3H3. The zero-order valence-electron chi connectivity index (χ0n) is 12.8. The molecule has 1 unspecified atom stereocenters. The molecule has 20 heavy (non-hydrogen) atoms. The van der Waals surface area contributed by atoms with Gasteiger partial charge in [0.25, 0.3) is 0 Å². The van der Waals surface area contributed by atoms with Crippen LogP contribution in [0.15, 0.2) is 23.3 Å². The van der Waals surface area contributed by atoms with Gasteiger partial charge in [-0.15, -0.1) is 0 Å². The van der Waals surface area contributed by atoms with Crippen molar-refractivity contribution in [1.82, 2.24) is 4.90 Å². The molecule has 0 spiro atoms. The van der Waals surface area contributed by atoms with Gasteiger partial charge in [0.1, 0.15) is 0 Å². The SMILES string of the molecule is CC1=C(C)CN(C2CCc3c(C)cc(Cl)cc3C2)CC1. The van der Waals surface area contributed by atoms with E-state index in [0.29, 0.717) is 6.04 Å². The second-order valence-electron chi connectivity index (χ2n) is 6.54. The Morgan fingerprint density at radius 3 is 2.65 bits per heavy atom. The first-order valence-electron chi connectivity index (χ1n) is 7.72. The molecule has 0 bridgehead atoms. The van der Waals surface area contributed by atoms with E-state index in [1.54, 1.807) is 16.7 Å². The van der Waals surface area contributed by atoms with Crippen LogP contribution < -0.4 is 0 Å². The van der Waals surface area contributed by atoms with E-state index in [4.69, 9.17) is 11.6 Å².